The standard InChI is InChI=1S/C21H24N2O4Se/c1-23(2)15-9-13(7-8-16(15)24-3)21-19(22-12-28-21)14-10-17(25-4)20(27-6)18(11-14)26-5/h7-12H,1-6H3. The van der Waals surface area contributed by atoms with Crippen LogP contribution < -0.4 is 23.8 Å². The quantitative estimate of drug-likeness (QED) is 0.517. The molecule has 1 aromatic heterocycles. The Morgan fingerprint density at radius 3 is 1.96 bits per heavy atom. The molecule has 28 heavy (non-hydrogen) atoms. The number of hydrogen-bond acceptors (Lipinski definition) is 6. The van der Waals surface area contributed by atoms with Gasteiger partial charge in [-0.3, -0.25) is 0 Å². The third-order valence-electron chi connectivity index (χ3n) is 4.43. The van der Waals surface area contributed by atoms with Crippen LogP contribution in [-0.2, 0) is 0 Å². The Labute approximate surface area is 171 Å². The van der Waals surface area contributed by atoms with Crippen molar-refractivity contribution in [1.82, 2.24) is 4.98 Å². The molecule has 0 bridgehead atoms. The van der Waals surface area contributed by atoms with Gasteiger partial charge in [0.1, 0.15) is 0 Å². The average Bonchev–Trinajstić information content (AvgIpc) is 3.21. The molecular formula is C21H24N2O4Se. The number of rotatable bonds is 7. The van der Waals surface area contributed by atoms with Crippen molar-refractivity contribution in [1.29, 1.82) is 0 Å². The maximum atomic E-state index is 5.50. The molecule has 3 aromatic rings. The van der Waals surface area contributed by atoms with Crippen molar-refractivity contribution in [3.05, 3.63) is 35.4 Å². The van der Waals surface area contributed by atoms with E-state index in [4.69, 9.17) is 18.9 Å². The Morgan fingerprint density at radius 1 is 0.786 bits per heavy atom. The van der Waals surface area contributed by atoms with Crippen molar-refractivity contribution >= 4 is 20.2 Å². The maximum absolute atomic E-state index is 5.50. The first kappa shape index (κ1) is 20.1. The van der Waals surface area contributed by atoms with Gasteiger partial charge in [0.25, 0.3) is 0 Å². The molecule has 0 spiro atoms. The minimum absolute atomic E-state index is 0.133. The van der Waals surface area contributed by atoms with Gasteiger partial charge < -0.3 is 0 Å². The topological polar surface area (TPSA) is 53.1 Å². The Bertz CT molecular complexity index is 944. The molecule has 6 nitrogen and oxygen atoms in total. The molecule has 1 heterocycles. The molecule has 0 atom stereocenters. The van der Waals surface area contributed by atoms with Gasteiger partial charge in [-0.05, 0) is 0 Å². The monoisotopic (exact) mass is 448 g/mol. The van der Waals surface area contributed by atoms with Crippen LogP contribution in [0.25, 0.3) is 21.3 Å². The first-order valence-electron chi connectivity index (χ1n) is 8.63. The van der Waals surface area contributed by atoms with Crippen LogP contribution in [0.1, 0.15) is 0 Å². The number of anilines is 1. The van der Waals surface area contributed by atoms with E-state index < -0.39 is 0 Å². The number of ether oxygens (including phenoxy) is 4. The molecule has 0 radical (unpaired) electrons. The predicted molar refractivity (Wildman–Crippen MR) is 113 cm³/mol. The average molecular weight is 447 g/mol. The number of aromatic nitrogens is 1. The molecule has 0 unspecified atom stereocenters. The minimum atomic E-state index is 0.133. The Kier molecular flexibility index (Phi) is 6.17. The fraction of sp³-hybridized carbons (Fsp3) is 0.286. The zero-order chi connectivity index (χ0) is 20.3. The fourth-order valence-electron chi connectivity index (χ4n) is 3.06. The van der Waals surface area contributed by atoms with Crippen molar-refractivity contribution in [2.24, 2.45) is 0 Å². The Hall–Kier alpha value is -2.63. The van der Waals surface area contributed by atoms with E-state index in [0.29, 0.717) is 17.2 Å². The summed E-state index contributed by atoms with van der Waals surface area (Å²) in [5.41, 5.74) is 4.02. The molecule has 7 heteroatoms. The number of benzene rings is 2. The summed E-state index contributed by atoms with van der Waals surface area (Å²) in [5.74, 6) is 2.64. The second-order valence-corrected chi connectivity index (χ2v) is 8.02. The van der Waals surface area contributed by atoms with Crippen molar-refractivity contribution in [2.45, 2.75) is 0 Å². The number of hydrogen-bond donors (Lipinski definition) is 0. The Morgan fingerprint density at radius 2 is 1.43 bits per heavy atom. The van der Waals surface area contributed by atoms with Gasteiger partial charge in [0.15, 0.2) is 0 Å². The van der Waals surface area contributed by atoms with Crippen LogP contribution in [-0.4, -0.2) is 62.0 Å². The fourth-order valence-corrected chi connectivity index (χ4v) is 4.75. The molecular weight excluding hydrogens is 423 g/mol. The zero-order valence-electron chi connectivity index (χ0n) is 16.9. The molecule has 0 saturated heterocycles. The number of nitrogens with zero attached hydrogens (tertiary/aromatic N) is 2. The summed E-state index contributed by atoms with van der Waals surface area (Å²) in [6.45, 7) is 0. The van der Waals surface area contributed by atoms with Crippen molar-refractivity contribution in [3.8, 4) is 44.3 Å². The SMILES string of the molecule is COc1ccc(-c2[se]cnc2-c2cc(OC)c(OC)c(OC)c2)cc1N(C)C. The van der Waals surface area contributed by atoms with Crippen molar-refractivity contribution in [3.63, 3.8) is 0 Å². The molecule has 148 valence electrons. The third kappa shape index (κ3) is 3.68. The van der Waals surface area contributed by atoms with E-state index >= 15 is 0 Å². The van der Waals surface area contributed by atoms with Gasteiger partial charge in [-0.1, -0.05) is 0 Å². The van der Waals surface area contributed by atoms with Gasteiger partial charge in [-0.2, -0.15) is 0 Å². The van der Waals surface area contributed by atoms with Gasteiger partial charge in [0, 0.05) is 0 Å². The van der Waals surface area contributed by atoms with Crippen LogP contribution in [0.2, 0.25) is 0 Å². The molecule has 0 amide bonds. The van der Waals surface area contributed by atoms with Gasteiger partial charge in [0.2, 0.25) is 0 Å². The van der Waals surface area contributed by atoms with Gasteiger partial charge in [-0.15, -0.1) is 0 Å². The van der Waals surface area contributed by atoms with Crippen molar-refractivity contribution < 1.29 is 18.9 Å². The molecule has 2 aromatic carbocycles. The van der Waals surface area contributed by atoms with E-state index in [1.54, 1.807) is 28.4 Å². The van der Waals surface area contributed by atoms with Crippen LogP contribution in [0.4, 0.5) is 5.69 Å². The van der Waals surface area contributed by atoms with Crippen LogP contribution in [0.3, 0.4) is 0 Å². The predicted octanol–water partition coefficient (Wildman–Crippen LogP) is 3.57. The third-order valence-corrected chi connectivity index (χ3v) is 6.27. The van der Waals surface area contributed by atoms with Crippen LogP contribution in [0.5, 0.6) is 23.0 Å². The van der Waals surface area contributed by atoms with E-state index in [1.165, 1.54) is 4.44 Å². The van der Waals surface area contributed by atoms with E-state index in [2.05, 4.69) is 17.1 Å². The second-order valence-electron chi connectivity index (χ2n) is 6.23. The molecule has 3 rings (SSSR count). The summed E-state index contributed by atoms with van der Waals surface area (Å²) in [6, 6.07) is 10.1. The van der Waals surface area contributed by atoms with E-state index in [0.717, 1.165) is 28.3 Å². The molecule has 0 aliphatic rings. The summed E-state index contributed by atoms with van der Waals surface area (Å²) in [4.78, 5) is 6.72. The Balaban J connectivity index is 2.14. The van der Waals surface area contributed by atoms with E-state index in [1.807, 2.05) is 42.3 Å². The van der Waals surface area contributed by atoms with Gasteiger partial charge in [-0.25, -0.2) is 0 Å². The van der Waals surface area contributed by atoms with Crippen LogP contribution >= 0.6 is 0 Å². The van der Waals surface area contributed by atoms with Gasteiger partial charge in [0.05, 0.1) is 0 Å². The zero-order valence-corrected chi connectivity index (χ0v) is 18.6. The molecule has 0 saturated carbocycles. The summed E-state index contributed by atoms with van der Waals surface area (Å²) in [5, 5.41) is 1.99. The molecule has 0 aliphatic carbocycles. The van der Waals surface area contributed by atoms with Crippen LogP contribution in [0.15, 0.2) is 35.4 Å². The van der Waals surface area contributed by atoms with E-state index in [-0.39, 0.29) is 14.5 Å². The summed E-state index contributed by atoms with van der Waals surface area (Å²) in [6.07, 6.45) is 0. The normalized spacial score (nSPS) is 10.5. The summed E-state index contributed by atoms with van der Waals surface area (Å²) < 4.78 is 23.1. The van der Waals surface area contributed by atoms with Crippen molar-refractivity contribution in [2.75, 3.05) is 47.4 Å². The summed E-state index contributed by atoms with van der Waals surface area (Å²) >= 11 is 0.133. The summed E-state index contributed by atoms with van der Waals surface area (Å²) in [7, 11) is 10.5. The van der Waals surface area contributed by atoms with Crippen LogP contribution in [0, 0.1) is 0 Å². The molecule has 0 aliphatic heterocycles. The van der Waals surface area contributed by atoms with Gasteiger partial charge >= 0.3 is 171 Å². The first-order valence-corrected chi connectivity index (χ1v) is 10.5. The number of methoxy groups -OCH3 is 4. The second kappa shape index (κ2) is 8.59. The molecule has 0 N–H and O–H groups in total. The molecule has 0 fully saturated rings. The van der Waals surface area contributed by atoms with E-state index in [9.17, 15) is 0 Å². The first-order chi connectivity index (χ1) is 13.5.